The fraction of sp³-hybridized carbons (Fsp3) is 0.0154. The Kier molecular flexibility index (Phi) is 8.23. The van der Waals surface area contributed by atoms with Crippen LogP contribution in [-0.4, -0.2) is 4.57 Å². The van der Waals surface area contributed by atoms with Crippen molar-refractivity contribution in [3.8, 4) is 50.2 Å². The molecule has 2 heteroatoms. The predicted molar refractivity (Wildman–Crippen MR) is 280 cm³/mol. The number of aromatic nitrogens is 1. The maximum absolute atomic E-state index is 2.56. The van der Waals surface area contributed by atoms with Crippen LogP contribution < -0.4 is 4.90 Å². The lowest BCUT2D eigenvalue weighted by atomic mass is 9.70. The molecular formula is C65H42N2. The zero-order chi connectivity index (χ0) is 44.1. The molecule has 0 saturated heterocycles. The molecule has 0 unspecified atom stereocenters. The summed E-state index contributed by atoms with van der Waals surface area (Å²) >= 11 is 0. The van der Waals surface area contributed by atoms with Gasteiger partial charge in [0.05, 0.1) is 27.8 Å². The minimum Gasteiger partial charge on any atom is -0.309 e. The monoisotopic (exact) mass is 850 g/mol. The first-order valence-corrected chi connectivity index (χ1v) is 23.3. The molecule has 11 aromatic carbocycles. The van der Waals surface area contributed by atoms with Gasteiger partial charge in [0.1, 0.15) is 0 Å². The van der Waals surface area contributed by atoms with Crippen molar-refractivity contribution in [2.45, 2.75) is 5.41 Å². The highest BCUT2D eigenvalue weighted by Gasteiger charge is 2.52. The van der Waals surface area contributed by atoms with Gasteiger partial charge in [0.15, 0.2) is 0 Å². The van der Waals surface area contributed by atoms with Crippen LogP contribution in [-0.2, 0) is 5.41 Å². The van der Waals surface area contributed by atoms with Crippen LogP contribution in [0.3, 0.4) is 0 Å². The van der Waals surface area contributed by atoms with E-state index in [1.807, 2.05) is 0 Å². The highest BCUT2D eigenvalue weighted by molar-refractivity contribution is 6.25. The normalized spacial score (nSPS) is 12.9. The molecule has 312 valence electrons. The van der Waals surface area contributed by atoms with Crippen LogP contribution in [0.2, 0.25) is 0 Å². The summed E-state index contributed by atoms with van der Waals surface area (Å²) in [6.45, 7) is 0. The van der Waals surface area contributed by atoms with E-state index in [2.05, 4.69) is 264 Å². The summed E-state index contributed by atoms with van der Waals surface area (Å²) in [5.74, 6) is 0. The summed E-state index contributed by atoms with van der Waals surface area (Å²) in [7, 11) is 0. The van der Waals surface area contributed by atoms with Gasteiger partial charge in [-0.1, -0.05) is 212 Å². The van der Waals surface area contributed by atoms with Gasteiger partial charge in [-0.25, -0.2) is 0 Å². The Morgan fingerprint density at radius 2 is 0.866 bits per heavy atom. The third kappa shape index (κ3) is 5.39. The van der Waals surface area contributed by atoms with Crippen molar-refractivity contribution in [1.82, 2.24) is 4.57 Å². The Morgan fingerprint density at radius 1 is 0.343 bits per heavy atom. The third-order valence-electron chi connectivity index (χ3n) is 14.6. The number of anilines is 3. The Bertz CT molecular complexity index is 3860. The summed E-state index contributed by atoms with van der Waals surface area (Å²) in [4.78, 5) is 2.56. The quantitative estimate of drug-likeness (QED) is 0.162. The number of rotatable bonds is 6. The molecule has 1 spiro atoms. The first-order valence-electron chi connectivity index (χ1n) is 23.3. The van der Waals surface area contributed by atoms with Gasteiger partial charge in [0.25, 0.3) is 0 Å². The van der Waals surface area contributed by atoms with Gasteiger partial charge in [-0.05, 0) is 109 Å². The van der Waals surface area contributed by atoms with Crippen molar-refractivity contribution in [3.63, 3.8) is 0 Å². The first kappa shape index (κ1) is 37.6. The number of hydrogen-bond donors (Lipinski definition) is 0. The Morgan fingerprint density at radius 3 is 1.57 bits per heavy atom. The summed E-state index contributed by atoms with van der Waals surface area (Å²) in [6.07, 6.45) is 0. The van der Waals surface area contributed by atoms with Gasteiger partial charge in [0.2, 0.25) is 0 Å². The molecule has 0 fully saturated rings. The molecule has 0 saturated carbocycles. The van der Waals surface area contributed by atoms with E-state index in [-0.39, 0.29) is 0 Å². The minimum atomic E-state index is -0.463. The largest absolute Gasteiger partial charge is 0.309 e. The summed E-state index contributed by atoms with van der Waals surface area (Å²) < 4.78 is 2.51. The van der Waals surface area contributed by atoms with E-state index in [1.165, 1.54) is 99.3 Å². The lowest BCUT2D eigenvalue weighted by Crippen LogP contribution is -2.26. The number of hydrogen-bond acceptors (Lipinski definition) is 1. The van der Waals surface area contributed by atoms with Crippen molar-refractivity contribution in [2.75, 3.05) is 4.90 Å². The van der Waals surface area contributed by atoms with Crippen molar-refractivity contribution < 1.29 is 0 Å². The predicted octanol–water partition coefficient (Wildman–Crippen LogP) is 17.1. The molecule has 0 N–H and O–H groups in total. The Hall–Kier alpha value is -8.72. The second kappa shape index (κ2) is 14.7. The number of fused-ring (bicyclic) bond motifs is 15. The van der Waals surface area contributed by atoms with Crippen molar-refractivity contribution in [2.24, 2.45) is 0 Å². The van der Waals surface area contributed by atoms with Crippen molar-refractivity contribution in [1.29, 1.82) is 0 Å². The summed E-state index contributed by atoms with van der Waals surface area (Å²) in [6, 6.07) is 94.3. The van der Waals surface area contributed by atoms with Crippen molar-refractivity contribution >= 4 is 49.6 Å². The zero-order valence-corrected chi connectivity index (χ0v) is 36.6. The topological polar surface area (TPSA) is 8.17 Å². The molecule has 0 radical (unpaired) electrons. The van der Waals surface area contributed by atoms with Crippen LogP contribution in [0, 0.1) is 0 Å². The molecule has 2 nitrogen and oxygen atoms in total. The van der Waals surface area contributed by atoms with E-state index in [1.54, 1.807) is 0 Å². The molecule has 1 heterocycles. The van der Waals surface area contributed by atoms with Gasteiger partial charge >= 0.3 is 0 Å². The molecule has 67 heavy (non-hydrogen) atoms. The first-order chi connectivity index (χ1) is 33.3. The number of nitrogens with zero attached hydrogens (tertiary/aromatic N) is 2. The van der Waals surface area contributed by atoms with E-state index in [0.29, 0.717) is 0 Å². The number of benzene rings is 11. The Labute approximate surface area is 389 Å². The van der Waals surface area contributed by atoms with Gasteiger partial charge in [-0.2, -0.15) is 0 Å². The van der Waals surface area contributed by atoms with Gasteiger partial charge in [-0.3, -0.25) is 0 Å². The van der Waals surface area contributed by atoms with E-state index in [9.17, 15) is 0 Å². The highest BCUT2D eigenvalue weighted by atomic mass is 15.2. The van der Waals surface area contributed by atoms with Gasteiger partial charge in [-0.15, -0.1) is 0 Å². The molecule has 0 atom stereocenters. The van der Waals surface area contributed by atoms with E-state index < -0.39 is 5.41 Å². The molecule has 14 rings (SSSR count). The molecule has 1 aromatic heterocycles. The van der Waals surface area contributed by atoms with Crippen LogP contribution in [0.25, 0.3) is 82.8 Å². The maximum atomic E-state index is 2.56. The second-order valence-corrected chi connectivity index (χ2v) is 17.9. The van der Waals surface area contributed by atoms with Crippen LogP contribution in [0.15, 0.2) is 255 Å². The van der Waals surface area contributed by atoms with E-state index >= 15 is 0 Å². The second-order valence-electron chi connectivity index (χ2n) is 17.9. The van der Waals surface area contributed by atoms with Crippen LogP contribution in [0.5, 0.6) is 0 Å². The summed E-state index contributed by atoms with van der Waals surface area (Å²) in [5, 5.41) is 4.81. The molecule has 2 aliphatic rings. The SMILES string of the molecule is c1ccc(-c2ccc(-c3ccc4c5c(N(c6ccccc6)c6cccc7c6-c6ccccc6C76c7ccccc7-c7ccccc76)cc6ccccc6c5n(-c5ccccc5)c4c3)cc2)cc1. The fourth-order valence-electron chi connectivity index (χ4n) is 11.8. The molecule has 2 aliphatic carbocycles. The van der Waals surface area contributed by atoms with E-state index in [4.69, 9.17) is 0 Å². The lowest BCUT2D eigenvalue weighted by molar-refractivity contribution is 0.794. The summed E-state index contributed by atoms with van der Waals surface area (Å²) in [5.41, 5.74) is 21.7. The molecule has 0 amide bonds. The average molecular weight is 851 g/mol. The average Bonchev–Trinajstić information content (AvgIpc) is 4.02. The molecule has 0 aliphatic heterocycles. The minimum absolute atomic E-state index is 0.463. The van der Waals surface area contributed by atoms with E-state index in [0.717, 1.165) is 22.7 Å². The van der Waals surface area contributed by atoms with Crippen molar-refractivity contribution in [3.05, 3.63) is 277 Å². The maximum Gasteiger partial charge on any atom is 0.0726 e. The smallest absolute Gasteiger partial charge is 0.0726 e. The van der Waals surface area contributed by atoms with Crippen LogP contribution in [0.4, 0.5) is 17.1 Å². The molecule has 12 aromatic rings. The van der Waals surface area contributed by atoms with Gasteiger partial charge < -0.3 is 9.47 Å². The zero-order valence-electron chi connectivity index (χ0n) is 36.6. The third-order valence-corrected chi connectivity index (χ3v) is 14.6. The van der Waals surface area contributed by atoms with Gasteiger partial charge in [0, 0.05) is 33.1 Å². The highest BCUT2D eigenvalue weighted by Crippen LogP contribution is 2.65. The van der Waals surface area contributed by atoms with Crippen LogP contribution >= 0.6 is 0 Å². The molecule has 0 bridgehead atoms. The fourth-order valence-corrected chi connectivity index (χ4v) is 11.8. The van der Waals surface area contributed by atoms with Crippen LogP contribution in [0.1, 0.15) is 22.3 Å². The lowest BCUT2D eigenvalue weighted by Gasteiger charge is -2.32. The standard InChI is InChI=1S/C65H42N2/c1-4-19-43(20-5-1)44-35-37-45(38-36-44)46-39-40-54-60(41-46)67(49-24-8-3-9-25-49)64-50-26-11-10-21-47(50)42-61(63(54)64)66(48-22-6-2-7-23-48)59-34-18-33-58-62(59)53-29-14-17-32-57(53)65(58)55-30-15-12-27-51(55)52-28-13-16-31-56(52)65/h1-42H. The number of para-hydroxylation sites is 2. The molecular weight excluding hydrogens is 809 g/mol. The Balaban J connectivity index is 1.08.